The molecule has 1 aliphatic carbocycles. The van der Waals surface area contributed by atoms with Gasteiger partial charge in [-0.25, -0.2) is 0 Å². The van der Waals surface area contributed by atoms with Crippen LogP contribution >= 0.6 is 0 Å². The van der Waals surface area contributed by atoms with Crippen molar-refractivity contribution in [3.05, 3.63) is 29.8 Å². The Balaban J connectivity index is 1.71. The molecule has 1 aromatic carbocycles. The van der Waals surface area contributed by atoms with E-state index in [0.717, 1.165) is 0 Å². The summed E-state index contributed by atoms with van der Waals surface area (Å²) in [5.74, 6) is 0. The van der Waals surface area contributed by atoms with E-state index in [1.165, 1.54) is 76.8 Å². The minimum atomic E-state index is 0.514. The summed E-state index contributed by atoms with van der Waals surface area (Å²) in [5, 5.41) is 3.70. The van der Waals surface area contributed by atoms with Gasteiger partial charge in [-0.1, -0.05) is 38.0 Å². The van der Waals surface area contributed by atoms with Crippen LogP contribution in [0.5, 0.6) is 0 Å². The zero-order chi connectivity index (χ0) is 14.5. The van der Waals surface area contributed by atoms with Crippen molar-refractivity contribution < 1.29 is 0 Å². The summed E-state index contributed by atoms with van der Waals surface area (Å²) in [4.78, 5) is 2.68. The molecule has 1 heterocycles. The van der Waals surface area contributed by atoms with E-state index in [0.29, 0.717) is 5.41 Å². The van der Waals surface area contributed by atoms with Gasteiger partial charge in [-0.05, 0) is 50.3 Å². The van der Waals surface area contributed by atoms with Gasteiger partial charge in [0.25, 0.3) is 0 Å². The number of fused-ring (bicyclic) bond motifs is 1. The fraction of sp³-hybridized carbons (Fsp3) is 0.684. The van der Waals surface area contributed by atoms with E-state index in [9.17, 15) is 0 Å². The van der Waals surface area contributed by atoms with Crippen LogP contribution in [0.4, 0.5) is 5.69 Å². The summed E-state index contributed by atoms with van der Waals surface area (Å²) in [6.07, 6.45) is 9.46. The van der Waals surface area contributed by atoms with Crippen molar-refractivity contribution in [2.75, 3.05) is 31.1 Å². The predicted octanol–water partition coefficient (Wildman–Crippen LogP) is 4.00. The molecule has 3 rings (SSSR count). The highest BCUT2D eigenvalue weighted by Crippen LogP contribution is 2.40. The van der Waals surface area contributed by atoms with Crippen LogP contribution in [-0.4, -0.2) is 26.2 Å². The standard InChI is InChI=1S/C19H30N2/c1-2-13-20-15-19(11-5-6-12-19)16-21-14-7-9-17-8-3-4-10-18(17)21/h3-4,8,10,20H,2,5-7,9,11-16H2,1H3. The molecule has 1 aliphatic heterocycles. The van der Waals surface area contributed by atoms with Crippen LogP contribution in [0.15, 0.2) is 24.3 Å². The largest absolute Gasteiger partial charge is 0.371 e. The zero-order valence-electron chi connectivity index (χ0n) is 13.5. The molecule has 0 bridgehead atoms. The van der Waals surface area contributed by atoms with Gasteiger partial charge >= 0.3 is 0 Å². The molecular weight excluding hydrogens is 256 g/mol. The number of nitrogens with zero attached hydrogens (tertiary/aromatic N) is 1. The number of hydrogen-bond acceptors (Lipinski definition) is 2. The summed E-state index contributed by atoms with van der Waals surface area (Å²) in [7, 11) is 0. The molecule has 0 radical (unpaired) electrons. The van der Waals surface area contributed by atoms with E-state index >= 15 is 0 Å². The van der Waals surface area contributed by atoms with Gasteiger partial charge in [0.2, 0.25) is 0 Å². The Bertz CT molecular complexity index is 449. The first-order valence-corrected chi connectivity index (χ1v) is 8.87. The highest BCUT2D eigenvalue weighted by molar-refractivity contribution is 5.55. The van der Waals surface area contributed by atoms with Gasteiger partial charge in [-0.3, -0.25) is 0 Å². The molecule has 116 valence electrons. The van der Waals surface area contributed by atoms with E-state index in [2.05, 4.69) is 41.4 Å². The molecule has 21 heavy (non-hydrogen) atoms. The normalized spacial score (nSPS) is 20.5. The lowest BCUT2D eigenvalue weighted by Crippen LogP contribution is -2.44. The van der Waals surface area contributed by atoms with Crippen LogP contribution in [0.2, 0.25) is 0 Å². The van der Waals surface area contributed by atoms with Gasteiger partial charge in [0.05, 0.1) is 0 Å². The van der Waals surface area contributed by atoms with Gasteiger partial charge in [0.15, 0.2) is 0 Å². The summed E-state index contributed by atoms with van der Waals surface area (Å²) >= 11 is 0. The van der Waals surface area contributed by atoms with Crippen LogP contribution in [0, 0.1) is 5.41 Å². The van der Waals surface area contributed by atoms with Gasteiger partial charge in [0, 0.05) is 30.7 Å². The molecule has 2 heteroatoms. The van der Waals surface area contributed by atoms with Crippen molar-refractivity contribution in [2.45, 2.75) is 51.9 Å². The Morgan fingerprint density at radius 1 is 1.14 bits per heavy atom. The first-order chi connectivity index (χ1) is 10.3. The lowest BCUT2D eigenvalue weighted by molar-refractivity contribution is 0.281. The molecule has 1 N–H and O–H groups in total. The van der Waals surface area contributed by atoms with E-state index in [4.69, 9.17) is 0 Å². The van der Waals surface area contributed by atoms with Crippen molar-refractivity contribution >= 4 is 5.69 Å². The highest BCUT2D eigenvalue weighted by atomic mass is 15.1. The van der Waals surface area contributed by atoms with Crippen molar-refractivity contribution in [3.8, 4) is 0 Å². The van der Waals surface area contributed by atoms with Gasteiger partial charge in [0.1, 0.15) is 0 Å². The maximum Gasteiger partial charge on any atom is 0.0398 e. The van der Waals surface area contributed by atoms with Crippen LogP contribution < -0.4 is 10.2 Å². The average molecular weight is 286 g/mol. The topological polar surface area (TPSA) is 15.3 Å². The number of nitrogens with one attached hydrogen (secondary N) is 1. The van der Waals surface area contributed by atoms with E-state index in [1.54, 1.807) is 5.56 Å². The molecule has 0 aromatic heterocycles. The van der Waals surface area contributed by atoms with Crippen LogP contribution in [0.25, 0.3) is 0 Å². The maximum atomic E-state index is 3.70. The van der Waals surface area contributed by atoms with Crippen molar-refractivity contribution in [1.82, 2.24) is 5.32 Å². The number of hydrogen-bond donors (Lipinski definition) is 1. The fourth-order valence-corrected chi connectivity index (χ4v) is 4.23. The number of para-hydroxylation sites is 1. The molecule has 0 spiro atoms. The highest BCUT2D eigenvalue weighted by Gasteiger charge is 2.36. The molecule has 2 nitrogen and oxygen atoms in total. The van der Waals surface area contributed by atoms with Gasteiger partial charge < -0.3 is 10.2 Å². The second-order valence-electron chi connectivity index (χ2n) is 7.04. The van der Waals surface area contributed by atoms with Gasteiger partial charge in [-0.2, -0.15) is 0 Å². The molecule has 1 aromatic rings. The lowest BCUT2D eigenvalue weighted by atomic mass is 9.84. The third-order valence-electron chi connectivity index (χ3n) is 5.32. The summed E-state index contributed by atoms with van der Waals surface area (Å²) in [5.41, 5.74) is 3.57. The molecule has 0 saturated heterocycles. The van der Waals surface area contributed by atoms with Crippen LogP contribution in [0.3, 0.4) is 0 Å². The Kier molecular flexibility index (Phi) is 4.84. The van der Waals surface area contributed by atoms with E-state index in [-0.39, 0.29) is 0 Å². The van der Waals surface area contributed by atoms with Crippen molar-refractivity contribution in [1.29, 1.82) is 0 Å². The molecular formula is C19H30N2. The molecule has 1 saturated carbocycles. The number of benzene rings is 1. The Morgan fingerprint density at radius 2 is 1.95 bits per heavy atom. The minimum Gasteiger partial charge on any atom is -0.371 e. The fourth-order valence-electron chi connectivity index (χ4n) is 4.23. The van der Waals surface area contributed by atoms with Crippen molar-refractivity contribution in [2.24, 2.45) is 5.41 Å². The molecule has 0 atom stereocenters. The Morgan fingerprint density at radius 3 is 2.76 bits per heavy atom. The minimum absolute atomic E-state index is 0.514. The first kappa shape index (κ1) is 14.9. The number of rotatable bonds is 6. The smallest absolute Gasteiger partial charge is 0.0398 e. The molecule has 0 unspecified atom stereocenters. The average Bonchev–Trinajstić information content (AvgIpc) is 2.97. The zero-order valence-corrected chi connectivity index (χ0v) is 13.5. The monoisotopic (exact) mass is 286 g/mol. The number of aryl methyl sites for hydroxylation is 1. The maximum absolute atomic E-state index is 3.70. The predicted molar refractivity (Wildman–Crippen MR) is 91.0 cm³/mol. The Labute approximate surface area is 129 Å². The lowest BCUT2D eigenvalue weighted by Gasteiger charge is -2.39. The number of anilines is 1. The first-order valence-electron chi connectivity index (χ1n) is 8.87. The van der Waals surface area contributed by atoms with Crippen LogP contribution in [0.1, 0.15) is 51.0 Å². The SMILES string of the molecule is CCCNCC1(CN2CCCc3ccccc32)CCCC1. The van der Waals surface area contributed by atoms with E-state index < -0.39 is 0 Å². The molecule has 2 aliphatic rings. The van der Waals surface area contributed by atoms with Crippen LogP contribution in [-0.2, 0) is 6.42 Å². The van der Waals surface area contributed by atoms with Crippen molar-refractivity contribution in [3.63, 3.8) is 0 Å². The van der Waals surface area contributed by atoms with E-state index in [1.807, 2.05) is 0 Å². The molecule has 0 amide bonds. The Hall–Kier alpha value is -1.02. The second kappa shape index (κ2) is 6.83. The second-order valence-corrected chi connectivity index (χ2v) is 7.04. The third-order valence-corrected chi connectivity index (χ3v) is 5.32. The molecule has 1 fully saturated rings. The summed E-state index contributed by atoms with van der Waals surface area (Å²) < 4.78 is 0. The third kappa shape index (κ3) is 3.42. The summed E-state index contributed by atoms with van der Waals surface area (Å²) in [6, 6.07) is 9.04. The quantitative estimate of drug-likeness (QED) is 0.795. The summed E-state index contributed by atoms with van der Waals surface area (Å²) in [6.45, 7) is 7.13. The van der Waals surface area contributed by atoms with Gasteiger partial charge in [-0.15, -0.1) is 0 Å².